The Balaban J connectivity index is 1.63. The van der Waals surface area contributed by atoms with E-state index in [0.717, 1.165) is 31.3 Å². The monoisotopic (exact) mass is 409 g/mol. The zero-order chi connectivity index (χ0) is 21.0. The van der Waals surface area contributed by atoms with Crippen LogP contribution in [0.2, 0.25) is 0 Å². The summed E-state index contributed by atoms with van der Waals surface area (Å²) in [4.78, 5) is 2.22. The molecule has 156 valence electrons. The number of nitrogens with zero attached hydrogens (tertiary/aromatic N) is 1. The van der Waals surface area contributed by atoms with E-state index in [0.29, 0.717) is 18.7 Å². The number of hydrogen-bond donors (Lipinski definition) is 1. The summed E-state index contributed by atoms with van der Waals surface area (Å²) < 4.78 is 34.2. The summed E-state index contributed by atoms with van der Waals surface area (Å²) in [6, 6.07) is 22.6. The second-order valence-electron chi connectivity index (χ2n) is 7.78. The van der Waals surface area contributed by atoms with Crippen LogP contribution in [-0.4, -0.2) is 35.8 Å². The van der Waals surface area contributed by atoms with E-state index < -0.39 is 23.3 Å². The fourth-order valence-electron chi connectivity index (χ4n) is 4.07. The molecule has 0 unspecified atom stereocenters. The highest BCUT2D eigenvalue weighted by atomic mass is 19.1. The van der Waals surface area contributed by atoms with Gasteiger partial charge in [0.15, 0.2) is 0 Å². The summed E-state index contributed by atoms with van der Waals surface area (Å²) in [7, 11) is 0. The van der Waals surface area contributed by atoms with Gasteiger partial charge in [0.1, 0.15) is 23.3 Å². The summed E-state index contributed by atoms with van der Waals surface area (Å²) in [6.45, 7) is 2.42. The highest BCUT2D eigenvalue weighted by Gasteiger charge is 2.42. The second-order valence-corrected chi connectivity index (χ2v) is 7.78. The van der Waals surface area contributed by atoms with E-state index in [1.807, 2.05) is 36.4 Å². The van der Waals surface area contributed by atoms with Gasteiger partial charge in [0.05, 0.1) is 6.61 Å². The van der Waals surface area contributed by atoms with Gasteiger partial charge in [-0.1, -0.05) is 60.7 Å². The minimum Gasteiger partial charge on any atom is -0.382 e. The zero-order valence-corrected chi connectivity index (χ0v) is 16.7. The Bertz CT molecular complexity index is 967. The molecule has 30 heavy (non-hydrogen) atoms. The second kappa shape index (κ2) is 9.04. The normalized spacial score (nSPS) is 19.4. The quantitative estimate of drug-likeness (QED) is 0.659. The van der Waals surface area contributed by atoms with Crippen molar-refractivity contribution in [3.05, 3.63) is 107 Å². The van der Waals surface area contributed by atoms with E-state index in [2.05, 4.69) is 17.0 Å². The van der Waals surface area contributed by atoms with Crippen molar-refractivity contribution in [2.75, 3.05) is 19.7 Å². The van der Waals surface area contributed by atoms with Crippen molar-refractivity contribution in [1.29, 1.82) is 0 Å². The molecule has 0 aromatic heterocycles. The van der Waals surface area contributed by atoms with Crippen LogP contribution in [0.3, 0.4) is 0 Å². The molecule has 3 aromatic rings. The lowest BCUT2D eigenvalue weighted by Gasteiger charge is -2.42. The van der Waals surface area contributed by atoms with Gasteiger partial charge < -0.3 is 9.84 Å². The summed E-state index contributed by atoms with van der Waals surface area (Å²) in [5.41, 5.74) is 0.438. The molecule has 0 spiro atoms. The number of benzene rings is 3. The van der Waals surface area contributed by atoms with Gasteiger partial charge in [0.25, 0.3) is 0 Å². The molecule has 0 amide bonds. The lowest BCUT2D eigenvalue weighted by Crippen LogP contribution is -2.53. The number of morpholine rings is 1. The first-order valence-electron chi connectivity index (χ1n) is 10.1. The van der Waals surface area contributed by atoms with E-state index in [9.17, 15) is 13.9 Å². The molecule has 1 saturated heterocycles. The molecule has 0 radical (unpaired) electrons. The topological polar surface area (TPSA) is 32.7 Å². The van der Waals surface area contributed by atoms with Crippen molar-refractivity contribution in [2.45, 2.75) is 24.7 Å². The number of rotatable bonds is 6. The highest BCUT2D eigenvalue weighted by Crippen LogP contribution is 2.34. The van der Waals surface area contributed by atoms with Gasteiger partial charge in [-0.3, -0.25) is 4.90 Å². The molecule has 0 bridgehead atoms. The Labute approximate surface area is 175 Å². The maximum absolute atomic E-state index is 14.4. The fraction of sp³-hybridized carbons (Fsp3) is 0.280. The van der Waals surface area contributed by atoms with E-state index in [-0.39, 0.29) is 12.0 Å². The maximum Gasteiger partial charge on any atom is 0.126 e. The maximum atomic E-state index is 14.4. The minimum atomic E-state index is -1.49. The summed E-state index contributed by atoms with van der Waals surface area (Å²) in [6.07, 6.45) is -0.662. The standard InChI is InChI=1S/C25H25F2NO2/c26-22-11-12-23(27)20(15-22)16-25(29,21-9-5-2-6-10-21)24-18-28(13-14-30-24)17-19-7-3-1-4-8-19/h1-12,15,24,29H,13-14,16-18H2/t24-,25-/m1/s1. The van der Waals surface area contributed by atoms with Crippen molar-refractivity contribution in [2.24, 2.45) is 0 Å². The van der Waals surface area contributed by atoms with Crippen LogP contribution in [0.5, 0.6) is 0 Å². The molecule has 2 atom stereocenters. The summed E-state index contributed by atoms with van der Waals surface area (Å²) >= 11 is 0. The van der Waals surface area contributed by atoms with Crippen molar-refractivity contribution in [1.82, 2.24) is 4.90 Å². The number of ether oxygens (including phenoxy) is 1. The molecule has 3 aromatic carbocycles. The van der Waals surface area contributed by atoms with Gasteiger partial charge in [-0.15, -0.1) is 0 Å². The van der Waals surface area contributed by atoms with Gasteiger partial charge in [0, 0.05) is 26.1 Å². The number of halogens is 2. The van der Waals surface area contributed by atoms with Crippen LogP contribution in [-0.2, 0) is 23.3 Å². The zero-order valence-electron chi connectivity index (χ0n) is 16.7. The first-order valence-corrected chi connectivity index (χ1v) is 10.1. The molecule has 1 aliphatic rings. The SMILES string of the molecule is O[C@](Cc1cc(F)ccc1F)(c1ccccc1)[C@H]1CN(Cc2ccccc2)CCO1. The Kier molecular flexibility index (Phi) is 6.23. The first-order chi connectivity index (χ1) is 14.5. The number of aliphatic hydroxyl groups is 1. The van der Waals surface area contributed by atoms with E-state index in [1.165, 1.54) is 5.56 Å². The Morgan fingerprint density at radius 3 is 2.40 bits per heavy atom. The van der Waals surface area contributed by atoms with E-state index >= 15 is 0 Å². The molecule has 1 heterocycles. The lowest BCUT2D eigenvalue weighted by molar-refractivity contribution is -0.150. The molecule has 5 heteroatoms. The van der Waals surface area contributed by atoms with Gasteiger partial charge in [-0.25, -0.2) is 8.78 Å². The summed E-state index contributed by atoms with van der Waals surface area (Å²) in [5, 5.41) is 11.8. The van der Waals surface area contributed by atoms with Crippen molar-refractivity contribution in [3.63, 3.8) is 0 Å². The third-order valence-corrected chi connectivity index (χ3v) is 5.67. The third-order valence-electron chi connectivity index (χ3n) is 5.67. The Hall–Kier alpha value is -2.60. The van der Waals surface area contributed by atoms with Gasteiger partial charge in [-0.05, 0) is 34.9 Å². The van der Waals surface area contributed by atoms with Crippen LogP contribution in [0.4, 0.5) is 8.78 Å². The van der Waals surface area contributed by atoms with Crippen molar-refractivity contribution < 1.29 is 18.6 Å². The van der Waals surface area contributed by atoms with E-state index in [1.54, 1.807) is 12.1 Å². The fourth-order valence-corrected chi connectivity index (χ4v) is 4.07. The van der Waals surface area contributed by atoms with Crippen LogP contribution in [0, 0.1) is 11.6 Å². The Morgan fingerprint density at radius 2 is 1.67 bits per heavy atom. The average Bonchev–Trinajstić information content (AvgIpc) is 2.78. The Morgan fingerprint density at radius 1 is 0.967 bits per heavy atom. The predicted octanol–water partition coefficient (Wildman–Crippen LogP) is 4.30. The van der Waals surface area contributed by atoms with Crippen LogP contribution >= 0.6 is 0 Å². The average molecular weight is 409 g/mol. The van der Waals surface area contributed by atoms with Crippen molar-refractivity contribution in [3.8, 4) is 0 Å². The molecule has 1 aliphatic heterocycles. The van der Waals surface area contributed by atoms with Gasteiger partial charge in [-0.2, -0.15) is 0 Å². The molecule has 1 fully saturated rings. The minimum absolute atomic E-state index is 0.0789. The van der Waals surface area contributed by atoms with Crippen LogP contribution in [0.15, 0.2) is 78.9 Å². The molecule has 0 saturated carbocycles. The van der Waals surface area contributed by atoms with Crippen LogP contribution in [0.25, 0.3) is 0 Å². The first kappa shape index (κ1) is 20.7. The van der Waals surface area contributed by atoms with E-state index in [4.69, 9.17) is 4.74 Å². The molecule has 0 aliphatic carbocycles. The summed E-state index contributed by atoms with van der Waals surface area (Å²) in [5.74, 6) is -1.07. The predicted molar refractivity (Wildman–Crippen MR) is 112 cm³/mol. The lowest BCUT2D eigenvalue weighted by atomic mass is 9.81. The van der Waals surface area contributed by atoms with Gasteiger partial charge in [0.2, 0.25) is 0 Å². The highest BCUT2D eigenvalue weighted by molar-refractivity contribution is 5.30. The largest absolute Gasteiger partial charge is 0.382 e. The smallest absolute Gasteiger partial charge is 0.126 e. The van der Waals surface area contributed by atoms with Crippen LogP contribution in [0.1, 0.15) is 16.7 Å². The third kappa shape index (κ3) is 4.59. The molecule has 3 nitrogen and oxygen atoms in total. The van der Waals surface area contributed by atoms with Crippen molar-refractivity contribution >= 4 is 0 Å². The molecular weight excluding hydrogens is 384 g/mol. The number of hydrogen-bond acceptors (Lipinski definition) is 3. The molecular formula is C25H25F2NO2. The van der Waals surface area contributed by atoms with Gasteiger partial charge >= 0.3 is 0 Å². The molecule has 4 rings (SSSR count). The molecule has 1 N–H and O–H groups in total. The van der Waals surface area contributed by atoms with Crippen LogP contribution < -0.4 is 0 Å².